The van der Waals surface area contributed by atoms with E-state index in [1.165, 1.54) is 6.07 Å². The van der Waals surface area contributed by atoms with Crippen molar-refractivity contribution in [2.24, 2.45) is 0 Å². The lowest BCUT2D eigenvalue weighted by Gasteiger charge is -2.03. The number of rotatable bonds is 2. The Kier molecular flexibility index (Phi) is 2.79. The van der Waals surface area contributed by atoms with Crippen molar-refractivity contribution in [2.75, 3.05) is 0 Å². The Hall–Kier alpha value is -0.920. The summed E-state index contributed by atoms with van der Waals surface area (Å²) in [6.45, 7) is 3.71. The van der Waals surface area contributed by atoms with Crippen molar-refractivity contribution < 1.29 is 8.78 Å². The van der Waals surface area contributed by atoms with E-state index in [0.717, 1.165) is 12.0 Å². The molecule has 0 aliphatic heterocycles. The van der Waals surface area contributed by atoms with Crippen molar-refractivity contribution in [2.45, 2.75) is 26.7 Å². The molecule has 2 heteroatoms. The zero-order chi connectivity index (χ0) is 9.14. The van der Waals surface area contributed by atoms with Gasteiger partial charge in [0.05, 0.1) is 0 Å². The molecule has 0 saturated carbocycles. The van der Waals surface area contributed by atoms with Crippen molar-refractivity contribution in [3.63, 3.8) is 0 Å². The number of aryl methyl sites for hydroxylation is 2. The van der Waals surface area contributed by atoms with E-state index in [1.54, 1.807) is 13.0 Å². The van der Waals surface area contributed by atoms with Crippen LogP contribution in [0.4, 0.5) is 8.78 Å². The lowest BCUT2D eigenvalue weighted by atomic mass is 10.1. The molecule has 1 aromatic carbocycles. The van der Waals surface area contributed by atoms with Crippen LogP contribution in [0.25, 0.3) is 0 Å². The fourth-order valence-electron chi connectivity index (χ4n) is 1.25. The first-order valence-electron chi connectivity index (χ1n) is 4.09. The second kappa shape index (κ2) is 3.65. The van der Waals surface area contributed by atoms with Crippen LogP contribution < -0.4 is 0 Å². The molecular formula is C10H12F2. The molecule has 0 unspecified atom stereocenters. The highest BCUT2D eigenvalue weighted by Crippen LogP contribution is 2.15. The van der Waals surface area contributed by atoms with Gasteiger partial charge in [0.2, 0.25) is 0 Å². The molecule has 0 amide bonds. The van der Waals surface area contributed by atoms with E-state index in [9.17, 15) is 8.78 Å². The van der Waals surface area contributed by atoms with Crippen LogP contribution in [0.1, 0.15) is 24.5 Å². The third-order valence-corrected chi connectivity index (χ3v) is 1.77. The fraction of sp³-hybridized carbons (Fsp3) is 0.400. The topological polar surface area (TPSA) is 0 Å². The van der Waals surface area contributed by atoms with Gasteiger partial charge in [0.1, 0.15) is 0 Å². The summed E-state index contributed by atoms with van der Waals surface area (Å²) < 4.78 is 25.8. The monoisotopic (exact) mass is 170 g/mol. The Bertz CT molecular complexity index is 279. The van der Waals surface area contributed by atoms with Crippen molar-refractivity contribution in [1.29, 1.82) is 0 Å². The van der Waals surface area contributed by atoms with Crippen molar-refractivity contribution in [3.8, 4) is 0 Å². The average molecular weight is 170 g/mol. The minimum Gasteiger partial charge on any atom is -0.204 e. The normalized spacial score (nSPS) is 10.3. The van der Waals surface area contributed by atoms with Crippen LogP contribution >= 0.6 is 0 Å². The van der Waals surface area contributed by atoms with Gasteiger partial charge in [0, 0.05) is 0 Å². The van der Waals surface area contributed by atoms with Gasteiger partial charge < -0.3 is 0 Å². The Balaban J connectivity index is 3.09. The summed E-state index contributed by atoms with van der Waals surface area (Å²) in [5.41, 5.74) is 1.26. The lowest BCUT2D eigenvalue weighted by molar-refractivity contribution is 0.497. The second-order valence-electron chi connectivity index (χ2n) is 2.97. The standard InChI is InChI=1S/C10H12F2/c1-3-4-8-5-7(2)6-9(11)10(8)12/h5-6H,3-4H2,1-2H3. The van der Waals surface area contributed by atoms with Gasteiger partial charge in [-0.05, 0) is 30.5 Å². The van der Waals surface area contributed by atoms with Crippen molar-refractivity contribution in [3.05, 3.63) is 34.9 Å². The molecule has 0 aliphatic carbocycles. The van der Waals surface area contributed by atoms with E-state index in [2.05, 4.69) is 0 Å². The summed E-state index contributed by atoms with van der Waals surface area (Å²) in [6, 6.07) is 2.91. The maximum atomic E-state index is 13.0. The third kappa shape index (κ3) is 1.81. The predicted octanol–water partition coefficient (Wildman–Crippen LogP) is 3.23. The second-order valence-corrected chi connectivity index (χ2v) is 2.97. The van der Waals surface area contributed by atoms with Gasteiger partial charge in [-0.3, -0.25) is 0 Å². The van der Waals surface area contributed by atoms with Crippen LogP contribution in [-0.2, 0) is 6.42 Å². The quantitative estimate of drug-likeness (QED) is 0.639. The smallest absolute Gasteiger partial charge is 0.162 e. The predicted molar refractivity (Wildman–Crippen MR) is 45.1 cm³/mol. The summed E-state index contributed by atoms with van der Waals surface area (Å²) in [5.74, 6) is -1.43. The van der Waals surface area contributed by atoms with Crippen LogP contribution in [-0.4, -0.2) is 0 Å². The molecule has 0 radical (unpaired) electrons. The molecule has 0 saturated heterocycles. The maximum absolute atomic E-state index is 13.0. The van der Waals surface area contributed by atoms with Crippen molar-refractivity contribution >= 4 is 0 Å². The molecule has 0 spiro atoms. The van der Waals surface area contributed by atoms with E-state index in [4.69, 9.17) is 0 Å². The largest absolute Gasteiger partial charge is 0.204 e. The number of hydrogen-bond donors (Lipinski definition) is 0. The van der Waals surface area contributed by atoms with Crippen LogP contribution in [0.2, 0.25) is 0 Å². The first-order chi connectivity index (χ1) is 5.65. The zero-order valence-electron chi connectivity index (χ0n) is 7.32. The van der Waals surface area contributed by atoms with E-state index < -0.39 is 11.6 Å². The van der Waals surface area contributed by atoms with Gasteiger partial charge in [-0.25, -0.2) is 8.78 Å². The molecule has 0 nitrogen and oxygen atoms in total. The van der Waals surface area contributed by atoms with Gasteiger partial charge in [-0.15, -0.1) is 0 Å². The SMILES string of the molecule is CCCc1cc(C)cc(F)c1F. The molecule has 0 fully saturated rings. The molecule has 66 valence electrons. The van der Waals surface area contributed by atoms with Gasteiger partial charge >= 0.3 is 0 Å². The fourth-order valence-corrected chi connectivity index (χ4v) is 1.25. The molecule has 1 rings (SSSR count). The number of hydrogen-bond acceptors (Lipinski definition) is 0. The molecule has 0 atom stereocenters. The summed E-state index contributed by atoms with van der Waals surface area (Å²) in [4.78, 5) is 0. The summed E-state index contributed by atoms with van der Waals surface area (Å²) in [5, 5.41) is 0. The van der Waals surface area contributed by atoms with Crippen LogP contribution in [0.5, 0.6) is 0 Å². The van der Waals surface area contributed by atoms with E-state index in [1.807, 2.05) is 6.92 Å². The lowest BCUT2D eigenvalue weighted by Crippen LogP contribution is -1.95. The van der Waals surface area contributed by atoms with E-state index in [-0.39, 0.29) is 0 Å². The van der Waals surface area contributed by atoms with E-state index >= 15 is 0 Å². The zero-order valence-corrected chi connectivity index (χ0v) is 7.32. The minimum atomic E-state index is -0.738. The van der Waals surface area contributed by atoms with Gasteiger partial charge in [0.15, 0.2) is 11.6 Å². The molecule has 1 aromatic rings. The first-order valence-corrected chi connectivity index (χ1v) is 4.09. The molecule has 0 heterocycles. The molecule has 0 aliphatic rings. The maximum Gasteiger partial charge on any atom is 0.162 e. The summed E-state index contributed by atoms with van der Waals surface area (Å²) in [7, 11) is 0. The van der Waals surface area contributed by atoms with Crippen LogP contribution in [0.3, 0.4) is 0 Å². The Labute approximate surface area is 71.2 Å². The molecular weight excluding hydrogens is 158 g/mol. The van der Waals surface area contributed by atoms with Gasteiger partial charge in [-0.1, -0.05) is 19.4 Å². The van der Waals surface area contributed by atoms with Crippen LogP contribution in [0, 0.1) is 18.6 Å². The van der Waals surface area contributed by atoms with Crippen molar-refractivity contribution in [1.82, 2.24) is 0 Å². The Morgan fingerprint density at radius 1 is 1.25 bits per heavy atom. The highest BCUT2D eigenvalue weighted by atomic mass is 19.2. The summed E-state index contributed by atoms with van der Waals surface area (Å²) in [6.07, 6.45) is 1.43. The Morgan fingerprint density at radius 3 is 2.50 bits per heavy atom. The first kappa shape index (κ1) is 9.17. The average Bonchev–Trinajstić information content (AvgIpc) is 2.00. The molecule has 0 N–H and O–H groups in total. The van der Waals surface area contributed by atoms with Gasteiger partial charge in [0.25, 0.3) is 0 Å². The van der Waals surface area contributed by atoms with E-state index in [0.29, 0.717) is 12.0 Å². The third-order valence-electron chi connectivity index (χ3n) is 1.77. The number of benzene rings is 1. The summed E-state index contributed by atoms with van der Waals surface area (Å²) >= 11 is 0. The molecule has 0 aromatic heterocycles. The Morgan fingerprint density at radius 2 is 1.92 bits per heavy atom. The van der Waals surface area contributed by atoms with Crippen LogP contribution in [0.15, 0.2) is 12.1 Å². The molecule has 12 heavy (non-hydrogen) atoms. The highest BCUT2D eigenvalue weighted by Gasteiger charge is 2.07. The highest BCUT2D eigenvalue weighted by molar-refractivity contribution is 5.25. The molecule has 0 bridgehead atoms. The minimum absolute atomic E-state index is 0.481. The van der Waals surface area contributed by atoms with Gasteiger partial charge in [-0.2, -0.15) is 0 Å². The number of halogens is 2.